The minimum Gasteiger partial charge on any atom is -0.388 e. The Balaban J connectivity index is 2.12. The molecule has 2 aromatic rings. The van der Waals surface area contributed by atoms with E-state index in [-0.39, 0.29) is 5.69 Å². The number of aliphatic hydroxyl groups is 1. The number of benzene rings is 2. The predicted molar refractivity (Wildman–Crippen MR) is 73.6 cm³/mol. The van der Waals surface area contributed by atoms with Gasteiger partial charge in [-0.05, 0) is 17.2 Å². The number of non-ortho nitro benzene ring substituents is 1. The molecule has 0 radical (unpaired) electrons. The van der Waals surface area contributed by atoms with E-state index in [1.54, 1.807) is 36.4 Å². The highest BCUT2D eigenvalue weighted by atomic mass is 16.6. The molecule has 0 aliphatic carbocycles. The van der Waals surface area contributed by atoms with E-state index in [1.165, 1.54) is 12.1 Å². The molecule has 2 aromatic carbocycles. The van der Waals surface area contributed by atoms with Crippen molar-refractivity contribution in [1.82, 2.24) is 0 Å². The van der Waals surface area contributed by atoms with Crippen LogP contribution in [0.3, 0.4) is 0 Å². The Kier molecular flexibility index (Phi) is 4.22. The molecule has 1 atom stereocenters. The third-order valence-electron chi connectivity index (χ3n) is 3.01. The summed E-state index contributed by atoms with van der Waals surface area (Å²) in [7, 11) is 0. The van der Waals surface area contributed by atoms with Crippen molar-refractivity contribution in [2.24, 2.45) is 0 Å². The Morgan fingerprint density at radius 2 is 1.90 bits per heavy atom. The van der Waals surface area contributed by atoms with E-state index in [1.807, 2.05) is 0 Å². The maximum absolute atomic E-state index is 10.7. The lowest BCUT2D eigenvalue weighted by atomic mass is 10.00. The van der Waals surface area contributed by atoms with Gasteiger partial charge in [0.2, 0.25) is 0 Å². The fraction of sp³-hybridized carbons (Fsp3) is 0.133. The van der Waals surface area contributed by atoms with Gasteiger partial charge in [0.15, 0.2) is 0 Å². The summed E-state index contributed by atoms with van der Waals surface area (Å²) in [6.07, 6.45) is 0.305. The van der Waals surface area contributed by atoms with Crippen LogP contribution in [-0.2, 0) is 6.42 Å². The highest BCUT2D eigenvalue weighted by Gasteiger charge is 2.10. The summed E-state index contributed by atoms with van der Waals surface area (Å²) < 4.78 is 0. The van der Waals surface area contributed by atoms with Crippen molar-refractivity contribution in [2.75, 3.05) is 0 Å². The number of aliphatic hydroxyl groups excluding tert-OH is 1. The Labute approximate surface area is 115 Å². The van der Waals surface area contributed by atoms with Crippen LogP contribution in [0.1, 0.15) is 27.6 Å². The lowest BCUT2D eigenvalue weighted by molar-refractivity contribution is -0.384. The molecule has 2 rings (SSSR count). The SMILES string of the molecule is O=Cc1cccc(C(O)Cc2ccc([N+](=O)[O-])cc2)c1. The first-order chi connectivity index (χ1) is 9.60. The molecule has 0 aliphatic heterocycles. The highest BCUT2D eigenvalue weighted by Crippen LogP contribution is 2.20. The fourth-order valence-electron chi connectivity index (χ4n) is 1.93. The zero-order valence-corrected chi connectivity index (χ0v) is 10.6. The molecule has 0 aliphatic rings. The second-order valence-electron chi connectivity index (χ2n) is 4.43. The van der Waals surface area contributed by atoms with Gasteiger partial charge in [-0.3, -0.25) is 14.9 Å². The van der Waals surface area contributed by atoms with Gasteiger partial charge < -0.3 is 5.11 Å². The summed E-state index contributed by atoms with van der Waals surface area (Å²) in [5, 5.41) is 20.7. The average Bonchev–Trinajstić information content (AvgIpc) is 2.47. The molecule has 0 spiro atoms. The van der Waals surface area contributed by atoms with Gasteiger partial charge in [0.05, 0.1) is 11.0 Å². The fourth-order valence-corrected chi connectivity index (χ4v) is 1.93. The molecular weight excluding hydrogens is 258 g/mol. The molecule has 0 bridgehead atoms. The van der Waals surface area contributed by atoms with E-state index < -0.39 is 11.0 Å². The molecule has 1 N–H and O–H groups in total. The number of carbonyl (C=O) groups excluding carboxylic acids is 1. The summed E-state index contributed by atoms with van der Waals surface area (Å²) in [4.78, 5) is 20.8. The number of hydrogen-bond acceptors (Lipinski definition) is 4. The van der Waals surface area contributed by atoms with E-state index in [0.717, 1.165) is 11.8 Å². The second kappa shape index (κ2) is 6.08. The summed E-state index contributed by atoms with van der Waals surface area (Å²) >= 11 is 0. The van der Waals surface area contributed by atoms with Crippen molar-refractivity contribution < 1.29 is 14.8 Å². The van der Waals surface area contributed by atoms with E-state index in [2.05, 4.69) is 0 Å². The highest BCUT2D eigenvalue weighted by molar-refractivity contribution is 5.74. The van der Waals surface area contributed by atoms with E-state index >= 15 is 0 Å². The van der Waals surface area contributed by atoms with Crippen molar-refractivity contribution in [3.63, 3.8) is 0 Å². The molecule has 5 nitrogen and oxygen atoms in total. The van der Waals surface area contributed by atoms with Gasteiger partial charge >= 0.3 is 0 Å². The molecule has 0 saturated heterocycles. The van der Waals surface area contributed by atoms with Crippen LogP contribution in [0.15, 0.2) is 48.5 Å². The molecule has 0 aromatic heterocycles. The van der Waals surface area contributed by atoms with Crippen molar-refractivity contribution >= 4 is 12.0 Å². The first-order valence-corrected chi connectivity index (χ1v) is 6.06. The van der Waals surface area contributed by atoms with Crippen LogP contribution in [0, 0.1) is 10.1 Å². The number of hydrogen-bond donors (Lipinski definition) is 1. The third kappa shape index (κ3) is 3.27. The van der Waals surface area contributed by atoms with Crippen LogP contribution in [-0.4, -0.2) is 16.3 Å². The number of nitro groups is 1. The molecule has 102 valence electrons. The molecular formula is C15H13NO4. The van der Waals surface area contributed by atoms with Crippen molar-refractivity contribution in [2.45, 2.75) is 12.5 Å². The standard InChI is InChI=1S/C15H13NO4/c17-10-12-2-1-3-13(8-12)15(18)9-11-4-6-14(7-5-11)16(19)20/h1-8,10,15,18H,9H2. The minimum atomic E-state index is -0.753. The third-order valence-corrected chi connectivity index (χ3v) is 3.01. The Morgan fingerprint density at radius 1 is 1.20 bits per heavy atom. The maximum Gasteiger partial charge on any atom is 0.269 e. The summed E-state index contributed by atoms with van der Waals surface area (Å²) in [6, 6.07) is 12.8. The quantitative estimate of drug-likeness (QED) is 0.515. The normalized spacial score (nSPS) is 11.8. The van der Waals surface area contributed by atoms with Crippen molar-refractivity contribution in [3.8, 4) is 0 Å². The number of rotatable bonds is 5. The van der Waals surface area contributed by atoms with E-state index in [9.17, 15) is 20.0 Å². The van der Waals surface area contributed by atoms with Gasteiger partial charge in [-0.2, -0.15) is 0 Å². The summed E-state index contributed by atoms with van der Waals surface area (Å²) in [6.45, 7) is 0. The first kappa shape index (κ1) is 13.9. The molecule has 5 heteroatoms. The Hall–Kier alpha value is -2.53. The van der Waals surface area contributed by atoms with Crippen LogP contribution in [0.5, 0.6) is 0 Å². The van der Waals surface area contributed by atoms with Crippen LogP contribution < -0.4 is 0 Å². The number of nitro benzene ring substituents is 1. The zero-order chi connectivity index (χ0) is 14.5. The molecule has 0 saturated carbocycles. The summed E-state index contributed by atoms with van der Waals surface area (Å²) in [5.41, 5.74) is 1.96. The number of aldehydes is 1. The monoisotopic (exact) mass is 271 g/mol. The van der Waals surface area contributed by atoms with Gasteiger partial charge in [-0.15, -0.1) is 0 Å². The van der Waals surface area contributed by atoms with Crippen LogP contribution >= 0.6 is 0 Å². The number of carbonyl (C=O) groups is 1. The lowest BCUT2D eigenvalue weighted by Gasteiger charge is -2.11. The second-order valence-corrected chi connectivity index (χ2v) is 4.43. The molecule has 0 heterocycles. The van der Waals surface area contributed by atoms with Crippen LogP contribution in [0.2, 0.25) is 0 Å². The van der Waals surface area contributed by atoms with Crippen LogP contribution in [0.25, 0.3) is 0 Å². The van der Waals surface area contributed by atoms with Gasteiger partial charge in [0, 0.05) is 24.1 Å². The zero-order valence-electron chi connectivity index (χ0n) is 10.6. The lowest BCUT2D eigenvalue weighted by Crippen LogP contribution is -2.02. The largest absolute Gasteiger partial charge is 0.388 e. The topological polar surface area (TPSA) is 80.4 Å². The average molecular weight is 271 g/mol. The molecule has 0 amide bonds. The summed E-state index contributed by atoms with van der Waals surface area (Å²) in [5.74, 6) is 0. The maximum atomic E-state index is 10.7. The van der Waals surface area contributed by atoms with Gasteiger partial charge in [-0.25, -0.2) is 0 Å². The number of nitrogens with zero attached hydrogens (tertiary/aromatic N) is 1. The van der Waals surface area contributed by atoms with E-state index in [0.29, 0.717) is 17.5 Å². The Morgan fingerprint density at radius 3 is 2.50 bits per heavy atom. The molecule has 1 unspecified atom stereocenters. The minimum absolute atomic E-state index is 0.0196. The van der Waals surface area contributed by atoms with Crippen molar-refractivity contribution in [1.29, 1.82) is 0 Å². The smallest absolute Gasteiger partial charge is 0.269 e. The molecule has 0 fully saturated rings. The van der Waals surface area contributed by atoms with Gasteiger partial charge in [-0.1, -0.05) is 30.3 Å². The first-order valence-electron chi connectivity index (χ1n) is 6.06. The Bertz CT molecular complexity index is 622. The van der Waals surface area contributed by atoms with Gasteiger partial charge in [0.25, 0.3) is 5.69 Å². The van der Waals surface area contributed by atoms with E-state index in [4.69, 9.17) is 0 Å². The van der Waals surface area contributed by atoms with Crippen molar-refractivity contribution in [3.05, 3.63) is 75.3 Å². The molecule has 20 heavy (non-hydrogen) atoms. The van der Waals surface area contributed by atoms with Crippen LogP contribution in [0.4, 0.5) is 5.69 Å². The van der Waals surface area contributed by atoms with Gasteiger partial charge in [0.1, 0.15) is 6.29 Å². The predicted octanol–water partition coefficient (Wildman–Crippen LogP) is 2.68.